The molecule has 1 heterocycles. The monoisotopic (exact) mass is 267 g/mol. The maximum atomic E-state index is 11.9. The lowest BCUT2D eigenvalue weighted by molar-refractivity contribution is -0.137. The van der Waals surface area contributed by atoms with Gasteiger partial charge in [0.2, 0.25) is 0 Å². The molecule has 1 aliphatic carbocycles. The predicted molar refractivity (Wildman–Crippen MR) is 65.4 cm³/mol. The minimum Gasteiger partial charge on any atom is -0.480 e. The van der Waals surface area contributed by atoms with Crippen LogP contribution < -0.4 is 11.1 Å². The van der Waals surface area contributed by atoms with E-state index in [9.17, 15) is 9.59 Å². The number of rotatable bonds is 4. The first kappa shape index (κ1) is 13.5. The van der Waals surface area contributed by atoms with Gasteiger partial charge in [-0.3, -0.25) is 9.59 Å². The first-order chi connectivity index (χ1) is 9.06. The quantitative estimate of drug-likeness (QED) is 0.667. The summed E-state index contributed by atoms with van der Waals surface area (Å²) in [6, 6.07) is -0.0855. The van der Waals surface area contributed by atoms with Gasteiger partial charge < -0.3 is 16.2 Å². The second-order valence-corrected chi connectivity index (χ2v) is 4.72. The molecule has 1 aliphatic rings. The highest BCUT2D eigenvalue weighted by molar-refractivity contribution is 5.92. The van der Waals surface area contributed by atoms with Crippen LogP contribution in [0.5, 0.6) is 0 Å². The Morgan fingerprint density at radius 1 is 1.47 bits per heavy atom. The van der Waals surface area contributed by atoms with Crippen molar-refractivity contribution in [2.45, 2.75) is 44.3 Å². The van der Waals surface area contributed by atoms with Crippen LogP contribution in [0.25, 0.3) is 0 Å². The van der Waals surface area contributed by atoms with Crippen LogP contribution in [0.1, 0.15) is 36.2 Å². The third kappa shape index (κ3) is 3.50. The van der Waals surface area contributed by atoms with Crippen LogP contribution in [-0.4, -0.2) is 44.1 Å². The summed E-state index contributed by atoms with van der Waals surface area (Å²) in [5.41, 5.74) is 6.05. The summed E-state index contributed by atoms with van der Waals surface area (Å²) in [5, 5.41) is 18.7. The number of carboxylic acids is 1. The summed E-state index contributed by atoms with van der Waals surface area (Å²) in [6.07, 6.45) is 5.21. The van der Waals surface area contributed by atoms with E-state index in [0.29, 0.717) is 0 Å². The van der Waals surface area contributed by atoms with E-state index in [1.165, 1.54) is 6.20 Å². The Bertz CT molecular complexity index is 473. The SMILES string of the molecule is NC1CCCCC1NC(=O)c1cn(CC(=O)O)nn1. The molecule has 0 aliphatic heterocycles. The van der Waals surface area contributed by atoms with E-state index >= 15 is 0 Å². The fourth-order valence-corrected chi connectivity index (χ4v) is 2.20. The molecule has 0 saturated heterocycles. The van der Waals surface area contributed by atoms with Gasteiger partial charge in [0.25, 0.3) is 5.91 Å². The Labute approximate surface area is 110 Å². The number of amides is 1. The van der Waals surface area contributed by atoms with Crippen LogP contribution in [0.2, 0.25) is 0 Å². The van der Waals surface area contributed by atoms with Crippen molar-refractivity contribution in [3.05, 3.63) is 11.9 Å². The van der Waals surface area contributed by atoms with Crippen molar-refractivity contribution in [2.24, 2.45) is 5.73 Å². The van der Waals surface area contributed by atoms with E-state index < -0.39 is 5.97 Å². The van der Waals surface area contributed by atoms with Crippen LogP contribution in [0.15, 0.2) is 6.20 Å². The van der Waals surface area contributed by atoms with Gasteiger partial charge >= 0.3 is 5.97 Å². The number of hydrogen-bond acceptors (Lipinski definition) is 5. The largest absolute Gasteiger partial charge is 0.480 e. The maximum absolute atomic E-state index is 11.9. The average molecular weight is 267 g/mol. The van der Waals surface area contributed by atoms with Crippen molar-refractivity contribution in [1.82, 2.24) is 20.3 Å². The van der Waals surface area contributed by atoms with E-state index in [1.54, 1.807) is 0 Å². The second kappa shape index (κ2) is 5.79. The van der Waals surface area contributed by atoms with Crippen molar-refractivity contribution in [2.75, 3.05) is 0 Å². The molecular weight excluding hydrogens is 250 g/mol. The molecule has 19 heavy (non-hydrogen) atoms. The number of carbonyl (C=O) groups is 2. The molecular formula is C11H17N5O3. The Balaban J connectivity index is 1.95. The zero-order valence-corrected chi connectivity index (χ0v) is 10.5. The average Bonchev–Trinajstić information content (AvgIpc) is 2.79. The number of nitrogens with zero attached hydrogens (tertiary/aromatic N) is 3. The van der Waals surface area contributed by atoms with E-state index in [0.717, 1.165) is 30.4 Å². The van der Waals surface area contributed by atoms with Gasteiger partial charge in [-0.15, -0.1) is 5.10 Å². The van der Waals surface area contributed by atoms with Gasteiger partial charge in [0.1, 0.15) is 6.54 Å². The van der Waals surface area contributed by atoms with Crippen LogP contribution in [-0.2, 0) is 11.3 Å². The topological polar surface area (TPSA) is 123 Å². The highest BCUT2D eigenvalue weighted by Gasteiger charge is 2.24. The third-order valence-electron chi connectivity index (χ3n) is 3.20. The summed E-state index contributed by atoms with van der Waals surface area (Å²) in [4.78, 5) is 22.4. The number of aliphatic carboxylic acids is 1. The number of hydrogen-bond donors (Lipinski definition) is 3. The first-order valence-electron chi connectivity index (χ1n) is 6.24. The lowest BCUT2D eigenvalue weighted by Crippen LogP contribution is -2.49. The van der Waals surface area contributed by atoms with Crippen LogP contribution >= 0.6 is 0 Å². The van der Waals surface area contributed by atoms with E-state index in [1.807, 2.05) is 0 Å². The van der Waals surface area contributed by atoms with Crippen molar-refractivity contribution in [3.63, 3.8) is 0 Å². The number of nitrogens with one attached hydrogen (secondary N) is 1. The van der Waals surface area contributed by atoms with Gasteiger partial charge in [-0.1, -0.05) is 18.1 Å². The molecule has 2 unspecified atom stereocenters. The van der Waals surface area contributed by atoms with Crippen LogP contribution in [0, 0.1) is 0 Å². The molecule has 0 aromatic carbocycles. The Kier molecular flexibility index (Phi) is 4.10. The van der Waals surface area contributed by atoms with Gasteiger partial charge in [0.05, 0.1) is 6.20 Å². The minimum atomic E-state index is -1.04. The van der Waals surface area contributed by atoms with Gasteiger partial charge in [-0.05, 0) is 12.8 Å². The summed E-state index contributed by atoms with van der Waals surface area (Å²) < 4.78 is 1.11. The van der Waals surface area contributed by atoms with Crippen LogP contribution in [0.4, 0.5) is 0 Å². The van der Waals surface area contributed by atoms with E-state index in [2.05, 4.69) is 15.6 Å². The van der Waals surface area contributed by atoms with Crippen LogP contribution in [0.3, 0.4) is 0 Å². The number of carboxylic acid groups (broad SMARTS) is 1. The molecule has 8 heteroatoms. The van der Waals surface area contributed by atoms with Gasteiger partial charge in [-0.2, -0.15) is 0 Å². The summed E-state index contributed by atoms with van der Waals surface area (Å²) in [6.45, 7) is -0.316. The normalized spacial score (nSPS) is 23.0. The van der Waals surface area contributed by atoms with E-state index in [4.69, 9.17) is 10.8 Å². The van der Waals surface area contributed by atoms with Gasteiger partial charge in [0, 0.05) is 12.1 Å². The van der Waals surface area contributed by atoms with Crippen molar-refractivity contribution < 1.29 is 14.7 Å². The molecule has 1 fully saturated rings. The lowest BCUT2D eigenvalue weighted by Gasteiger charge is -2.28. The zero-order valence-electron chi connectivity index (χ0n) is 10.5. The van der Waals surface area contributed by atoms with Crippen molar-refractivity contribution >= 4 is 11.9 Å². The Morgan fingerprint density at radius 3 is 2.89 bits per heavy atom. The summed E-state index contributed by atoms with van der Waals surface area (Å²) in [7, 11) is 0. The van der Waals surface area contributed by atoms with Crippen molar-refractivity contribution in [1.29, 1.82) is 0 Å². The smallest absolute Gasteiger partial charge is 0.325 e. The first-order valence-corrected chi connectivity index (χ1v) is 6.24. The molecule has 104 valence electrons. The third-order valence-corrected chi connectivity index (χ3v) is 3.20. The highest BCUT2D eigenvalue weighted by atomic mass is 16.4. The fraction of sp³-hybridized carbons (Fsp3) is 0.636. The predicted octanol–water partition coefficient (Wildman–Crippen LogP) is -0.638. The number of nitrogens with two attached hydrogens (primary N) is 1. The second-order valence-electron chi connectivity index (χ2n) is 4.72. The molecule has 8 nitrogen and oxygen atoms in total. The zero-order chi connectivity index (χ0) is 13.8. The molecule has 2 rings (SSSR count). The number of aromatic nitrogens is 3. The van der Waals surface area contributed by atoms with E-state index in [-0.39, 0.29) is 30.2 Å². The van der Waals surface area contributed by atoms with Crippen molar-refractivity contribution in [3.8, 4) is 0 Å². The maximum Gasteiger partial charge on any atom is 0.325 e. The molecule has 4 N–H and O–H groups in total. The summed E-state index contributed by atoms with van der Waals surface area (Å²) in [5.74, 6) is -1.40. The standard InChI is InChI=1S/C11H17N5O3/c12-7-3-1-2-4-8(7)13-11(19)9-5-16(15-14-9)6-10(17)18/h5,7-8H,1-4,6,12H2,(H,13,19)(H,17,18). The molecule has 1 aromatic rings. The molecule has 1 aromatic heterocycles. The fourth-order valence-electron chi connectivity index (χ4n) is 2.20. The highest BCUT2D eigenvalue weighted by Crippen LogP contribution is 2.17. The molecule has 0 spiro atoms. The molecule has 2 atom stereocenters. The van der Waals surface area contributed by atoms with Gasteiger partial charge in [0.15, 0.2) is 5.69 Å². The summed E-state index contributed by atoms with van der Waals surface area (Å²) >= 11 is 0. The Hall–Kier alpha value is -1.96. The number of carbonyl (C=O) groups excluding carboxylic acids is 1. The Morgan fingerprint density at radius 2 is 2.21 bits per heavy atom. The minimum absolute atomic E-state index is 0.0354. The molecule has 1 saturated carbocycles. The molecule has 0 bridgehead atoms. The molecule has 1 amide bonds. The molecule has 0 radical (unpaired) electrons. The lowest BCUT2D eigenvalue weighted by atomic mass is 9.91. The van der Waals surface area contributed by atoms with Gasteiger partial charge in [-0.25, -0.2) is 4.68 Å².